The number of para-hydroxylation sites is 1. The molecule has 2 aromatic heterocycles. The highest BCUT2D eigenvalue weighted by Crippen LogP contribution is 2.23. The summed E-state index contributed by atoms with van der Waals surface area (Å²) in [7, 11) is -3.93. The Bertz CT molecular complexity index is 917. The Morgan fingerprint density at radius 1 is 1.27 bits per heavy atom. The largest absolute Gasteiger partial charge is 0.420 e. The number of hydrogen-bond donors (Lipinski definition) is 2. The summed E-state index contributed by atoms with van der Waals surface area (Å²) in [6, 6.07) is 6.84. The Kier molecular flexibility index (Phi) is 3.41. The van der Waals surface area contributed by atoms with Crippen molar-refractivity contribution in [2.24, 2.45) is 0 Å². The molecule has 3 aromatic rings. The highest BCUT2D eigenvalue weighted by atomic mass is 32.2. The summed E-state index contributed by atoms with van der Waals surface area (Å²) < 4.78 is 45.4. The fraction of sp³-hybridized carbons (Fsp3) is 0.0769. The zero-order chi connectivity index (χ0) is 15.7. The van der Waals surface area contributed by atoms with Crippen LogP contribution in [0.5, 0.6) is 0 Å². The van der Waals surface area contributed by atoms with Crippen molar-refractivity contribution < 1.29 is 17.2 Å². The van der Waals surface area contributed by atoms with Crippen molar-refractivity contribution in [3.8, 4) is 11.6 Å². The van der Waals surface area contributed by atoms with Crippen LogP contribution in [-0.2, 0) is 10.0 Å². The molecule has 9 heteroatoms. The number of aromatic amines is 1. The van der Waals surface area contributed by atoms with Crippen LogP contribution in [0.25, 0.3) is 11.6 Å². The number of hydrogen-bond acceptors (Lipinski definition) is 5. The van der Waals surface area contributed by atoms with E-state index in [9.17, 15) is 12.8 Å². The molecule has 2 heterocycles. The molecule has 2 N–H and O–H groups in total. The second-order valence-corrected chi connectivity index (χ2v) is 6.14. The highest BCUT2D eigenvalue weighted by molar-refractivity contribution is 7.92. The minimum atomic E-state index is -3.93. The van der Waals surface area contributed by atoms with Crippen LogP contribution in [0.1, 0.15) is 5.89 Å². The molecular formula is C13H11FN4O3S. The van der Waals surface area contributed by atoms with E-state index in [1.54, 1.807) is 6.92 Å². The van der Waals surface area contributed by atoms with Gasteiger partial charge in [0.25, 0.3) is 15.9 Å². The third-order valence-electron chi connectivity index (χ3n) is 2.84. The standard InChI is InChI=1S/C13H11FN4O3S/c1-8-16-17-13(21-8)12-6-9(7-15-12)22(19,20)18-11-5-3-2-4-10(11)14/h2-7,15,18H,1H3. The van der Waals surface area contributed by atoms with Crippen molar-refractivity contribution in [1.82, 2.24) is 15.2 Å². The van der Waals surface area contributed by atoms with Crippen molar-refractivity contribution in [3.05, 3.63) is 48.2 Å². The SMILES string of the molecule is Cc1nnc(-c2cc(S(=O)(=O)Nc3ccccc3F)c[nH]2)o1. The molecule has 0 saturated heterocycles. The van der Waals surface area contributed by atoms with E-state index >= 15 is 0 Å². The Balaban J connectivity index is 1.90. The van der Waals surface area contributed by atoms with Gasteiger partial charge in [0.15, 0.2) is 0 Å². The number of benzene rings is 1. The Morgan fingerprint density at radius 2 is 2.05 bits per heavy atom. The average Bonchev–Trinajstić information content (AvgIpc) is 3.10. The molecule has 0 spiro atoms. The molecule has 0 radical (unpaired) electrons. The van der Waals surface area contributed by atoms with Crippen LogP contribution in [0, 0.1) is 12.7 Å². The first-order valence-electron chi connectivity index (χ1n) is 6.22. The van der Waals surface area contributed by atoms with Gasteiger partial charge in [0.1, 0.15) is 16.4 Å². The number of H-pyrrole nitrogens is 1. The lowest BCUT2D eigenvalue weighted by Crippen LogP contribution is -2.13. The van der Waals surface area contributed by atoms with E-state index in [0.717, 1.165) is 0 Å². The van der Waals surface area contributed by atoms with Crippen LogP contribution in [0.2, 0.25) is 0 Å². The van der Waals surface area contributed by atoms with E-state index in [-0.39, 0.29) is 16.5 Å². The number of halogens is 1. The van der Waals surface area contributed by atoms with E-state index in [4.69, 9.17) is 4.42 Å². The predicted molar refractivity (Wildman–Crippen MR) is 76.0 cm³/mol. The van der Waals surface area contributed by atoms with Crippen molar-refractivity contribution in [2.45, 2.75) is 11.8 Å². The third kappa shape index (κ3) is 2.70. The van der Waals surface area contributed by atoms with Crippen molar-refractivity contribution in [1.29, 1.82) is 0 Å². The minimum absolute atomic E-state index is 0.0680. The normalized spacial score (nSPS) is 11.5. The van der Waals surface area contributed by atoms with Gasteiger partial charge in [-0.1, -0.05) is 12.1 Å². The van der Waals surface area contributed by atoms with E-state index in [1.165, 1.54) is 36.5 Å². The molecule has 22 heavy (non-hydrogen) atoms. The van der Waals surface area contributed by atoms with Crippen LogP contribution < -0.4 is 4.72 Å². The second kappa shape index (κ2) is 5.26. The first kappa shape index (κ1) is 14.3. The molecule has 0 atom stereocenters. The monoisotopic (exact) mass is 322 g/mol. The van der Waals surface area contributed by atoms with Gasteiger partial charge in [0.2, 0.25) is 5.89 Å². The number of aromatic nitrogens is 3. The average molecular weight is 322 g/mol. The van der Waals surface area contributed by atoms with Crippen LogP contribution in [0.4, 0.5) is 10.1 Å². The van der Waals surface area contributed by atoms with Gasteiger partial charge >= 0.3 is 0 Å². The number of nitrogens with one attached hydrogen (secondary N) is 2. The summed E-state index contributed by atoms with van der Waals surface area (Å²) >= 11 is 0. The first-order valence-corrected chi connectivity index (χ1v) is 7.70. The fourth-order valence-corrected chi connectivity index (χ4v) is 2.87. The van der Waals surface area contributed by atoms with Gasteiger partial charge in [-0.25, -0.2) is 12.8 Å². The third-order valence-corrected chi connectivity index (χ3v) is 4.19. The lowest BCUT2D eigenvalue weighted by Gasteiger charge is -2.06. The van der Waals surface area contributed by atoms with Crippen LogP contribution in [-0.4, -0.2) is 23.6 Å². The van der Waals surface area contributed by atoms with E-state index in [0.29, 0.717) is 11.6 Å². The fourth-order valence-electron chi connectivity index (χ4n) is 1.81. The maximum atomic E-state index is 13.5. The van der Waals surface area contributed by atoms with E-state index in [2.05, 4.69) is 19.9 Å². The molecule has 0 amide bonds. The minimum Gasteiger partial charge on any atom is -0.420 e. The van der Waals surface area contributed by atoms with Crippen molar-refractivity contribution >= 4 is 15.7 Å². The smallest absolute Gasteiger partial charge is 0.264 e. The number of anilines is 1. The summed E-state index contributed by atoms with van der Waals surface area (Å²) in [5.41, 5.74) is 0.230. The van der Waals surface area contributed by atoms with Crippen LogP contribution >= 0.6 is 0 Å². The van der Waals surface area contributed by atoms with E-state index < -0.39 is 15.8 Å². The molecular weight excluding hydrogens is 311 g/mol. The zero-order valence-corrected chi connectivity index (χ0v) is 12.2. The van der Waals surface area contributed by atoms with Gasteiger partial charge in [-0.2, -0.15) is 0 Å². The molecule has 0 fully saturated rings. The first-order chi connectivity index (χ1) is 10.5. The molecule has 0 aliphatic heterocycles. The molecule has 7 nitrogen and oxygen atoms in total. The maximum Gasteiger partial charge on any atom is 0.264 e. The van der Waals surface area contributed by atoms with Gasteiger partial charge in [-0.3, -0.25) is 4.72 Å². The van der Waals surface area contributed by atoms with Crippen molar-refractivity contribution in [3.63, 3.8) is 0 Å². The summed E-state index contributed by atoms with van der Waals surface area (Å²) in [5, 5.41) is 7.45. The summed E-state index contributed by atoms with van der Waals surface area (Å²) in [6.07, 6.45) is 1.26. The van der Waals surface area contributed by atoms with Crippen molar-refractivity contribution in [2.75, 3.05) is 4.72 Å². The van der Waals surface area contributed by atoms with Gasteiger partial charge < -0.3 is 9.40 Å². The zero-order valence-electron chi connectivity index (χ0n) is 11.4. The summed E-state index contributed by atoms with van der Waals surface area (Å²) in [4.78, 5) is 2.66. The summed E-state index contributed by atoms with van der Waals surface area (Å²) in [5.74, 6) is -0.127. The Hall–Kier alpha value is -2.68. The number of nitrogens with zero attached hydrogens (tertiary/aromatic N) is 2. The predicted octanol–water partition coefficient (Wildman–Crippen LogP) is 2.31. The number of aryl methyl sites for hydroxylation is 1. The number of rotatable bonds is 4. The van der Waals surface area contributed by atoms with Gasteiger partial charge in [0, 0.05) is 13.1 Å². The highest BCUT2D eigenvalue weighted by Gasteiger charge is 2.19. The molecule has 114 valence electrons. The molecule has 0 bridgehead atoms. The summed E-state index contributed by atoms with van der Waals surface area (Å²) in [6.45, 7) is 1.62. The quantitative estimate of drug-likeness (QED) is 0.767. The molecule has 0 saturated carbocycles. The Labute approximate surface area is 125 Å². The van der Waals surface area contributed by atoms with Crippen LogP contribution in [0.3, 0.4) is 0 Å². The van der Waals surface area contributed by atoms with E-state index in [1.807, 2.05) is 0 Å². The van der Waals surface area contributed by atoms with Crippen LogP contribution in [0.15, 0.2) is 45.8 Å². The molecule has 0 unspecified atom stereocenters. The molecule has 0 aliphatic rings. The lowest BCUT2D eigenvalue weighted by atomic mass is 10.3. The molecule has 1 aromatic carbocycles. The topological polar surface area (TPSA) is 101 Å². The maximum absolute atomic E-state index is 13.5. The van der Waals surface area contributed by atoms with Gasteiger partial charge in [-0.15, -0.1) is 10.2 Å². The number of sulfonamides is 1. The second-order valence-electron chi connectivity index (χ2n) is 4.46. The Morgan fingerprint density at radius 3 is 2.73 bits per heavy atom. The molecule has 0 aliphatic carbocycles. The molecule has 3 rings (SSSR count). The van der Waals surface area contributed by atoms with Gasteiger partial charge in [-0.05, 0) is 18.2 Å². The lowest BCUT2D eigenvalue weighted by molar-refractivity contribution is 0.531. The van der Waals surface area contributed by atoms with Gasteiger partial charge in [0.05, 0.1) is 5.69 Å².